The van der Waals surface area contributed by atoms with E-state index in [1.807, 2.05) is 13.1 Å². The lowest BCUT2D eigenvalue weighted by molar-refractivity contribution is 0.169. The third kappa shape index (κ3) is 7.04. The lowest BCUT2D eigenvalue weighted by atomic mass is 10.2. The lowest BCUT2D eigenvalue weighted by Gasteiger charge is -2.36. The summed E-state index contributed by atoms with van der Waals surface area (Å²) >= 11 is 1.76. The van der Waals surface area contributed by atoms with Crippen LogP contribution in [0.25, 0.3) is 0 Å². The molecule has 1 fully saturated rings. The molecule has 0 bridgehead atoms. The number of piperazine rings is 1. The van der Waals surface area contributed by atoms with Crippen molar-refractivity contribution in [2.75, 3.05) is 39.8 Å². The van der Waals surface area contributed by atoms with Gasteiger partial charge < -0.3 is 14.7 Å². The summed E-state index contributed by atoms with van der Waals surface area (Å²) in [5, 5.41) is 10.9. The number of aromatic nitrogens is 2. The van der Waals surface area contributed by atoms with Crippen LogP contribution in [0.3, 0.4) is 0 Å². The van der Waals surface area contributed by atoms with Crippen LogP contribution in [0, 0.1) is 6.92 Å². The monoisotopic (exact) mass is 504 g/mol. The number of nitrogens with one attached hydrogen (secondary N) is 1. The molecule has 27 heavy (non-hydrogen) atoms. The Bertz CT molecular complexity index is 682. The summed E-state index contributed by atoms with van der Waals surface area (Å²) in [7, 11) is 1.86. The van der Waals surface area contributed by atoms with E-state index in [-0.39, 0.29) is 24.0 Å². The molecule has 2 aromatic heterocycles. The van der Waals surface area contributed by atoms with Crippen LogP contribution in [-0.4, -0.2) is 65.7 Å². The fraction of sp³-hybridized carbons (Fsp3) is 0.611. The van der Waals surface area contributed by atoms with Crippen LogP contribution in [-0.2, 0) is 13.0 Å². The van der Waals surface area contributed by atoms with Crippen LogP contribution in [0.2, 0.25) is 0 Å². The van der Waals surface area contributed by atoms with Crippen molar-refractivity contribution in [2.45, 2.75) is 32.7 Å². The van der Waals surface area contributed by atoms with E-state index in [1.165, 1.54) is 5.01 Å². The molecule has 1 aliphatic heterocycles. The highest BCUT2D eigenvalue weighted by atomic mass is 127. The van der Waals surface area contributed by atoms with Crippen molar-refractivity contribution in [1.82, 2.24) is 25.3 Å². The van der Waals surface area contributed by atoms with E-state index in [0.717, 1.165) is 75.9 Å². The summed E-state index contributed by atoms with van der Waals surface area (Å²) in [6, 6.07) is 1.93. The van der Waals surface area contributed by atoms with Gasteiger partial charge in [0.05, 0.1) is 10.7 Å². The summed E-state index contributed by atoms with van der Waals surface area (Å²) in [5.74, 6) is 1.01. The van der Waals surface area contributed by atoms with Crippen molar-refractivity contribution in [3.63, 3.8) is 0 Å². The van der Waals surface area contributed by atoms with Gasteiger partial charge in [0.15, 0.2) is 5.96 Å². The molecule has 2 aromatic rings. The van der Waals surface area contributed by atoms with E-state index < -0.39 is 0 Å². The van der Waals surface area contributed by atoms with Gasteiger partial charge in [0.1, 0.15) is 6.26 Å². The number of nitrogens with zero attached hydrogens (tertiary/aromatic N) is 5. The SMILES string of the molecule is CN=C(NCCCCc1nc(C)cs1)N1CCN(Cc2ccon2)CC1.I. The van der Waals surface area contributed by atoms with E-state index in [0.29, 0.717) is 0 Å². The summed E-state index contributed by atoms with van der Waals surface area (Å²) in [6.07, 6.45) is 4.98. The van der Waals surface area contributed by atoms with Gasteiger partial charge in [-0.1, -0.05) is 5.16 Å². The Balaban J connectivity index is 0.00000261. The fourth-order valence-corrected chi connectivity index (χ4v) is 3.94. The summed E-state index contributed by atoms with van der Waals surface area (Å²) in [5.41, 5.74) is 2.13. The van der Waals surface area contributed by atoms with Gasteiger partial charge in [0.2, 0.25) is 0 Å². The van der Waals surface area contributed by atoms with Gasteiger partial charge in [-0.15, -0.1) is 35.3 Å². The highest BCUT2D eigenvalue weighted by Crippen LogP contribution is 2.11. The number of aliphatic imine (C=N–C) groups is 1. The second-order valence-electron chi connectivity index (χ2n) is 6.57. The lowest BCUT2D eigenvalue weighted by Crippen LogP contribution is -2.52. The first-order chi connectivity index (χ1) is 12.7. The minimum Gasteiger partial charge on any atom is -0.364 e. The van der Waals surface area contributed by atoms with Gasteiger partial charge in [0.25, 0.3) is 0 Å². The van der Waals surface area contributed by atoms with Crippen molar-refractivity contribution >= 4 is 41.3 Å². The number of unbranched alkanes of at least 4 members (excludes halogenated alkanes) is 1. The van der Waals surface area contributed by atoms with Crippen LogP contribution in [0.1, 0.15) is 29.2 Å². The van der Waals surface area contributed by atoms with Gasteiger partial charge in [-0.2, -0.15) is 0 Å². The minimum absolute atomic E-state index is 0. The molecule has 0 saturated carbocycles. The molecule has 0 amide bonds. The second kappa shape index (κ2) is 11.6. The zero-order valence-corrected chi connectivity index (χ0v) is 19.2. The molecule has 0 radical (unpaired) electrons. The Kier molecular flexibility index (Phi) is 9.49. The summed E-state index contributed by atoms with van der Waals surface area (Å²) < 4.78 is 4.91. The number of thiazole rings is 1. The summed E-state index contributed by atoms with van der Waals surface area (Å²) in [6.45, 7) is 7.85. The molecule has 0 aromatic carbocycles. The average molecular weight is 504 g/mol. The minimum atomic E-state index is 0. The Morgan fingerprint density at radius 1 is 1.30 bits per heavy atom. The molecule has 0 aliphatic carbocycles. The predicted molar refractivity (Wildman–Crippen MR) is 120 cm³/mol. The zero-order chi connectivity index (χ0) is 18.2. The first-order valence-electron chi connectivity index (χ1n) is 9.23. The Morgan fingerprint density at radius 3 is 2.74 bits per heavy atom. The third-order valence-electron chi connectivity index (χ3n) is 4.53. The van der Waals surface area contributed by atoms with Gasteiger partial charge in [-0.05, 0) is 26.2 Å². The van der Waals surface area contributed by atoms with E-state index in [1.54, 1.807) is 17.6 Å². The maximum Gasteiger partial charge on any atom is 0.193 e. The highest BCUT2D eigenvalue weighted by molar-refractivity contribution is 14.0. The van der Waals surface area contributed by atoms with Gasteiger partial charge in [-0.25, -0.2) is 4.98 Å². The highest BCUT2D eigenvalue weighted by Gasteiger charge is 2.20. The topological polar surface area (TPSA) is 69.8 Å². The molecular formula is C18H29IN6OS. The number of halogens is 1. The van der Waals surface area contributed by atoms with Crippen molar-refractivity contribution in [3.8, 4) is 0 Å². The third-order valence-corrected chi connectivity index (χ3v) is 5.55. The smallest absolute Gasteiger partial charge is 0.193 e. The Labute approximate surface area is 182 Å². The molecule has 7 nitrogen and oxygen atoms in total. The average Bonchev–Trinajstić information content (AvgIpc) is 3.31. The standard InChI is InChI=1S/C18H28N6OS.HI/c1-15-14-26-17(21-15)5-3-4-7-20-18(19-2)24-10-8-23(9-11-24)13-16-6-12-25-22-16;/h6,12,14H,3-5,7-11,13H2,1-2H3,(H,19,20);1H. The second-order valence-corrected chi connectivity index (χ2v) is 7.51. The maximum atomic E-state index is 4.91. The zero-order valence-electron chi connectivity index (χ0n) is 16.1. The first-order valence-corrected chi connectivity index (χ1v) is 10.1. The fourth-order valence-electron chi connectivity index (χ4n) is 3.12. The molecule has 9 heteroatoms. The molecule has 150 valence electrons. The predicted octanol–water partition coefficient (Wildman–Crippen LogP) is 2.77. The van der Waals surface area contributed by atoms with Gasteiger partial charge in [-0.3, -0.25) is 9.89 Å². The van der Waals surface area contributed by atoms with Crippen LogP contribution >= 0.6 is 35.3 Å². The van der Waals surface area contributed by atoms with Crippen LogP contribution < -0.4 is 5.32 Å². The molecular weight excluding hydrogens is 475 g/mol. The van der Waals surface area contributed by atoms with Crippen molar-refractivity contribution < 1.29 is 4.52 Å². The first kappa shape index (κ1) is 22.1. The van der Waals surface area contributed by atoms with E-state index >= 15 is 0 Å². The van der Waals surface area contributed by atoms with E-state index in [9.17, 15) is 0 Å². The maximum absolute atomic E-state index is 4.91. The molecule has 3 heterocycles. The number of guanidine groups is 1. The van der Waals surface area contributed by atoms with Crippen molar-refractivity contribution in [2.24, 2.45) is 4.99 Å². The molecule has 1 aliphatic rings. The molecule has 0 unspecified atom stereocenters. The van der Waals surface area contributed by atoms with Crippen molar-refractivity contribution in [3.05, 3.63) is 34.1 Å². The van der Waals surface area contributed by atoms with Gasteiger partial charge in [0, 0.05) is 63.5 Å². The Hall–Kier alpha value is -1.20. The summed E-state index contributed by atoms with van der Waals surface area (Å²) in [4.78, 5) is 13.7. The quantitative estimate of drug-likeness (QED) is 0.271. The largest absolute Gasteiger partial charge is 0.364 e. The molecule has 0 atom stereocenters. The van der Waals surface area contributed by atoms with Crippen LogP contribution in [0.15, 0.2) is 27.2 Å². The van der Waals surface area contributed by atoms with E-state index in [4.69, 9.17) is 4.52 Å². The molecule has 1 saturated heterocycles. The molecule has 1 N–H and O–H groups in total. The molecule has 3 rings (SSSR count). The van der Waals surface area contributed by atoms with E-state index in [2.05, 4.69) is 42.6 Å². The Morgan fingerprint density at radius 2 is 2.11 bits per heavy atom. The number of rotatable bonds is 7. The number of hydrogen-bond donors (Lipinski definition) is 1. The molecule has 0 spiro atoms. The number of hydrogen-bond acceptors (Lipinski definition) is 6. The normalized spacial score (nSPS) is 15.6. The van der Waals surface area contributed by atoms with Crippen LogP contribution in [0.5, 0.6) is 0 Å². The number of aryl methyl sites for hydroxylation is 2. The van der Waals surface area contributed by atoms with Crippen LogP contribution in [0.4, 0.5) is 0 Å². The van der Waals surface area contributed by atoms with Crippen molar-refractivity contribution in [1.29, 1.82) is 0 Å². The van der Waals surface area contributed by atoms with Gasteiger partial charge >= 0.3 is 0 Å².